The molecule has 2 unspecified atom stereocenters. The van der Waals surface area contributed by atoms with Crippen molar-refractivity contribution >= 4 is 0 Å². The molecule has 2 atom stereocenters. The van der Waals surface area contributed by atoms with E-state index in [1.54, 1.807) is 12.1 Å². The van der Waals surface area contributed by atoms with Gasteiger partial charge >= 0.3 is 0 Å². The smallest absolute Gasteiger partial charge is 0.165 e. The van der Waals surface area contributed by atoms with Crippen LogP contribution in [0.1, 0.15) is 37.8 Å². The van der Waals surface area contributed by atoms with Crippen molar-refractivity contribution in [2.45, 2.75) is 38.3 Å². The van der Waals surface area contributed by atoms with E-state index < -0.39 is 0 Å². The highest BCUT2D eigenvalue weighted by Crippen LogP contribution is 2.21. The molecule has 0 radical (unpaired) electrons. The van der Waals surface area contributed by atoms with Crippen LogP contribution in [-0.4, -0.2) is 26.2 Å². The topological polar surface area (TPSA) is 33.3 Å². The standard InChI is InChI=1S/C15H23FN2O/c1-11(18-10-13-5-3-4-8-17-13)12-6-7-15(19-2)14(16)9-12/h6-7,9,11,13,17-18H,3-5,8,10H2,1-2H3. The lowest BCUT2D eigenvalue weighted by molar-refractivity contribution is 0.369. The molecule has 3 nitrogen and oxygen atoms in total. The summed E-state index contributed by atoms with van der Waals surface area (Å²) < 4.78 is 18.6. The zero-order valence-corrected chi connectivity index (χ0v) is 11.7. The normalized spacial score (nSPS) is 21.1. The predicted octanol–water partition coefficient (Wildman–Crippen LogP) is 2.63. The Morgan fingerprint density at radius 3 is 2.95 bits per heavy atom. The maximum absolute atomic E-state index is 13.6. The first-order chi connectivity index (χ1) is 9.20. The van der Waals surface area contributed by atoms with Crippen LogP contribution in [0.3, 0.4) is 0 Å². The Balaban J connectivity index is 1.88. The third kappa shape index (κ3) is 3.91. The molecule has 1 aliphatic heterocycles. The molecule has 1 fully saturated rings. The number of ether oxygens (including phenoxy) is 1. The van der Waals surface area contributed by atoms with Crippen LogP contribution in [0.4, 0.5) is 4.39 Å². The lowest BCUT2D eigenvalue weighted by Crippen LogP contribution is -2.42. The second-order valence-electron chi connectivity index (χ2n) is 5.17. The van der Waals surface area contributed by atoms with Crippen LogP contribution in [0.2, 0.25) is 0 Å². The minimum Gasteiger partial charge on any atom is -0.494 e. The first kappa shape index (κ1) is 14.3. The third-order valence-electron chi connectivity index (χ3n) is 3.76. The Morgan fingerprint density at radius 1 is 1.47 bits per heavy atom. The number of piperidine rings is 1. The van der Waals surface area contributed by atoms with Gasteiger partial charge in [-0.25, -0.2) is 4.39 Å². The van der Waals surface area contributed by atoms with E-state index in [0.29, 0.717) is 11.8 Å². The van der Waals surface area contributed by atoms with Gasteiger partial charge in [0, 0.05) is 18.6 Å². The molecule has 0 aliphatic carbocycles. The summed E-state index contributed by atoms with van der Waals surface area (Å²) in [7, 11) is 1.48. The SMILES string of the molecule is COc1ccc(C(C)NCC2CCCCN2)cc1F. The summed E-state index contributed by atoms with van der Waals surface area (Å²) in [4.78, 5) is 0. The van der Waals surface area contributed by atoms with Gasteiger partial charge in [0.25, 0.3) is 0 Å². The van der Waals surface area contributed by atoms with Crippen LogP contribution >= 0.6 is 0 Å². The molecule has 106 valence electrons. The van der Waals surface area contributed by atoms with E-state index in [2.05, 4.69) is 17.6 Å². The molecule has 2 N–H and O–H groups in total. The van der Waals surface area contributed by atoms with Crippen molar-refractivity contribution < 1.29 is 9.13 Å². The van der Waals surface area contributed by atoms with E-state index in [0.717, 1.165) is 18.7 Å². The summed E-state index contributed by atoms with van der Waals surface area (Å²) >= 11 is 0. The van der Waals surface area contributed by atoms with Crippen LogP contribution < -0.4 is 15.4 Å². The first-order valence-electron chi connectivity index (χ1n) is 7.01. The minimum absolute atomic E-state index is 0.143. The molecule has 1 saturated heterocycles. The number of benzene rings is 1. The fourth-order valence-corrected chi connectivity index (χ4v) is 2.49. The minimum atomic E-state index is -0.301. The van der Waals surface area contributed by atoms with E-state index >= 15 is 0 Å². The fraction of sp³-hybridized carbons (Fsp3) is 0.600. The highest BCUT2D eigenvalue weighted by Gasteiger charge is 2.14. The van der Waals surface area contributed by atoms with E-state index in [-0.39, 0.29) is 11.9 Å². The van der Waals surface area contributed by atoms with Crippen molar-refractivity contribution in [3.05, 3.63) is 29.6 Å². The second kappa shape index (κ2) is 6.87. The van der Waals surface area contributed by atoms with Crippen LogP contribution in [0.15, 0.2) is 18.2 Å². The van der Waals surface area contributed by atoms with Gasteiger partial charge in [0.2, 0.25) is 0 Å². The predicted molar refractivity (Wildman–Crippen MR) is 75.0 cm³/mol. The molecule has 0 bridgehead atoms. The lowest BCUT2D eigenvalue weighted by atomic mass is 10.0. The van der Waals surface area contributed by atoms with Crippen molar-refractivity contribution in [3.63, 3.8) is 0 Å². The lowest BCUT2D eigenvalue weighted by Gasteiger charge is -2.25. The third-order valence-corrected chi connectivity index (χ3v) is 3.76. The largest absolute Gasteiger partial charge is 0.494 e. The van der Waals surface area contributed by atoms with Gasteiger partial charge < -0.3 is 15.4 Å². The highest BCUT2D eigenvalue weighted by molar-refractivity contribution is 5.30. The zero-order chi connectivity index (χ0) is 13.7. The van der Waals surface area contributed by atoms with E-state index in [9.17, 15) is 4.39 Å². The summed E-state index contributed by atoms with van der Waals surface area (Å²) in [6.45, 7) is 4.09. The number of methoxy groups -OCH3 is 1. The zero-order valence-electron chi connectivity index (χ0n) is 11.7. The molecule has 0 spiro atoms. The van der Waals surface area contributed by atoms with Gasteiger partial charge in [-0.3, -0.25) is 0 Å². The molecule has 1 aromatic carbocycles. The van der Waals surface area contributed by atoms with Gasteiger partial charge in [0.05, 0.1) is 7.11 Å². The summed E-state index contributed by atoms with van der Waals surface area (Å²) in [6, 6.07) is 5.82. The number of halogens is 1. The molecular formula is C15H23FN2O. The number of hydrogen-bond donors (Lipinski definition) is 2. The molecule has 1 aliphatic rings. The Hall–Kier alpha value is -1.13. The Morgan fingerprint density at radius 2 is 2.32 bits per heavy atom. The summed E-state index contributed by atoms with van der Waals surface area (Å²) in [5, 5.41) is 6.96. The van der Waals surface area contributed by atoms with Gasteiger partial charge in [0.1, 0.15) is 0 Å². The Kier molecular flexibility index (Phi) is 5.16. The molecule has 0 amide bonds. The van der Waals surface area contributed by atoms with Gasteiger partial charge in [-0.2, -0.15) is 0 Å². The van der Waals surface area contributed by atoms with Gasteiger partial charge in [-0.05, 0) is 44.0 Å². The quantitative estimate of drug-likeness (QED) is 0.859. The number of hydrogen-bond acceptors (Lipinski definition) is 3. The molecule has 4 heteroatoms. The summed E-state index contributed by atoms with van der Waals surface area (Å²) in [5.74, 6) is -0.00524. The van der Waals surface area contributed by atoms with Crippen LogP contribution in [0.25, 0.3) is 0 Å². The molecule has 0 saturated carbocycles. The van der Waals surface area contributed by atoms with E-state index in [1.165, 1.54) is 26.4 Å². The van der Waals surface area contributed by atoms with Crippen molar-refractivity contribution in [1.82, 2.24) is 10.6 Å². The van der Waals surface area contributed by atoms with E-state index in [1.807, 2.05) is 6.07 Å². The monoisotopic (exact) mass is 266 g/mol. The molecular weight excluding hydrogens is 243 g/mol. The van der Waals surface area contributed by atoms with Crippen molar-refractivity contribution in [2.24, 2.45) is 0 Å². The highest BCUT2D eigenvalue weighted by atomic mass is 19.1. The van der Waals surface area contributed by atoms with Crippen molar-refractivity contribution in [1.29, 1.82) is 0 Å². The number of rotatable bonds is 5. The van der Waals surface area contributed by atoms with Gasteiger partial charge in [-0.15, -0.1) is 0 Å². The Labute approximate surface area is 114 Å². The average Bonchev–Trinajstić information content (AvgIpc) is 2.45. The van der Waals surface area contributed by atoms with Crippen molar-refractivity contribution in [3.8, 4) is 5.75 Å². The summed E-state index contributed by atoms with van der Waals surface area (Å²) in [6.07, 6.45) is 3.79. The molecule has 19 heavy (non-hydrogen) atoms. The van der Waals surface area contributed by atoms with Gasteiger partial charge in [-0.1, -0.05) is 12.5 Å². The maximum Gasteiger partial charge on any atom is 0.165 e. The van der Waals surface area contributed by atoms with Crippen LogP contribution in [0.5, 0.6) is 5.75 Å². The van der Waals surface area contributed by atoms with Crippen molar-refractivity contribution in [2.75, 3.05) is 20.2 Å². The molecule has 1 aromatic rings. The number of nitrogens with one attached hydrogen (secondary N) is 2. The van der Waals surface area contributed by atoms with Gasteiger partial charge in [0.15, 0.2) is 11.6 Å². The first-order valence-corrected chi connectivity index (χ1v) is 7.01. The van der Waals surface area contributed by atoms with E-state index in [4.69, 9.17) is 4.74 Å². The maximum atomic E-state index is 13.6. The molecule has 2 rings (SSSR count). The summed E-state index contributed by atoms with van der Waals surface area (Å²) in [5.41, 5.74) is 0.953. The average molecular weight is 266 g/mol. The Bertz CT molecular complexity index is 405. The second-order valence-corrected chi connectivity index (χ2v) is 5.17. The molecule has 0 aromatic heterocycles. The molecule has 1 heterocycles. The van der Waals surface area contributed by atoms with Crippen LogP contribution in [-0.2, 0) is 0 Å². The van der Waals surface area contributed by atoms with Crippen LogP contribution in [0, 0.1) is 5.82 Å². The fourth-order valence-electron chi connectivity index (χ4n) is 2.49.